The molecule has 4 heteroatoms. The number of hydrogen-bond donors (Lipinski definition) is 2. The minimum absolute atomic E-state index is 0.0686. The van der Waals surface area contributed by atoms with Crippen LogP contribution in [0.5, 0.6) is 0 Å². The van der Waals surface area contributed by atoms with Gasteiger partial charge in [0, 0.05) is 13.5 Å². The van der Waals surface area contributed by atoms with Gasteiger partial charge in [-0.25, -0.2) is 0 Å². The van der Waals surface area contributed by atoms with E-state index in [0.717, 1.165) is 12.8 Å². The predicted molar refractivity (Wildman–Crippen MR) is 55.4 cm³/mol. The van der Waals surface area contributed by atoms with Gasteiger partial charge in [-0.2, -0.15) is 0 Å². The van der Waals surface area contributed by atoms with Gasteiger partial charge in [0.2, 0.25) is 0 Å². The number of aliphatic hydroxyl groups excluding tert-OH is 2. The van der Waals surface area contributed by atoms with Crippen molar-refractivity contribution in [3.05, 3.63) is 11.6 Å². The summed E-state index contributed by atoms with van der Waals surface area (Å²) < 4.78 is 4.72. The second-order valence-electron chi connectivity index (χ2n) is 3.84. The zero-order valence-corrected chi connectivity index (χ0v) is 8.98. The molecule has 0 unspecified atom stereocenters. The molecule has 0 spiro atoms. The fraction of sp³-hybridized carbons (Fsp3) is 0.727. The molecule has 1 rings (SSSR count). The van der Waals surface area contributed by atoms with Gasteiger partial charge in [-0.3, -0.25) is 4.79 Å². The molecular formula is C11H18O4. The Labute approximate surface area is 89.6 Å². The van der Waals surface area contributed by atoms with Crippen LogP contribution in [0.3, 0.4) is 0 Å². The molecule has 0 amide bonds. The van der Waals surface area contributed by atoms with Crippen molar-refractivity contribution in [1.82, 2.24) is 0 Å². The first-order valence-corrected chi connectivity index (χ1v) is 5.24. The van der Waals surface area contributed by atoms with Gasteiger partial charge in [0.05, 0.1) is 6.61 Å². The number of hydrogen-bond acceptors (Lipinski definition) is 4. The van der Waals surface area contributed by atoms with E-state index in [1.54, 1.807) is 0 Å². The normalized spacial score (nSPS) is 24.2. The lowest BCUT2D eigenvalue weighted by atomic mass is 9.92. The summed E-state index contributed by atoms with van der Waals surface area (Å²) in [7, 11) is 1.45. The predicted octanol–water partition coefficient (Wildman–Crippen LogP) is 0.424. The van der Waals surface area contributed by atoms with E-state index < -0.39 is 12.2 Å². The highest BCUT2D eigenvalue weighted by atomic mass is 16.5. The Morgan fingerprint density at radius 1 is 1.40 bits per heavy atom. The number of ketones is 1. The van der Waals surface area contributed by atoms with E-state index in [1.807, 2.05) is 0 Å². The van der Waals surface area contributed by atoms with Crippen LogP contribution >= 0.6 is 0 Å². The maximum Gasteiger partial charge on any atom is 0.158 e. The molecule has 15 heavy (non-hydrogen) atoms. The topological polar surface area (TPSA) is 66.8 Å². The highest BCUT2D eigenvalue weighted by Gasteiger charge is 2.19. The molecule has 1 aliphatic carbocycles. The van der Waals surface area contributed by atoms with Crippen molar-refractivity contribution in [3.8, 4) is 0 Å². The van der Waals surface area contributed by atoms with Gasteiger partial charge in [-0.15, -0.1) is 0 Å². The van der Waals surface area contributed by atoms with E-state index in [0.29, 0.717) is 18.4 Å². The molecule has 86 valence electrons. The number of ether oxygens (including phenoxy) is 1. The van der Waals surface area contributed by atoms with Gasteiger partial charge in [-0.05, 0) is 30.9 Å². The standard InChI is InChI=1S/C11H18O4/c1-15-7-11(14)10(13)6-8-4-2-3-5-9(8)12/h6,10-11,13-14H,2-5,7H2,1H3/b8-6+/t10-,11+/m0/s1. The van der Waals surface area contributed by atoms with E-state index in [9.17, 15) is 15.0 Å². The fourth-order valence-electron chi connectivity index (χ4n) is 1.66. The summed E-state index contributed by atoms with van der Waals surface area (Å²) in [6, 6.07) is 0. The maximum atomic E-state index is 11.4. The average molecular weight is 214 g/mol. The average Bonchev–Trinajstić information content (AvgIpc) is 2.21. The summed E-state index contributed by atoms with van der Waals surface area (Å²) in [6.45, 7) is 0.0686. The summed E-state index contributed by atoms with van der Waals surface area (Å²) in [5.41, 5.74) is 0.643. The minimum Gasteiger partial charge on any atom is -0.388 e. The Hall–Kier alpha value is -0.710. The van der Waals surface area contributed by atoms with Crippen molar-refractivity contribution in [2.45, 2.75) is 37.9 Å². The summed E-state index contributed by atoms with van der Waals surface area (Å²) in [5, 5.41) is 19.0. The first kappa shape index (κ1) is 12.4. The number of aliphatic hydroxyl groups is 2. The van der Waals surface area contributed by atoms with Crippen LogP contribution in [-0.2, 0) is 9.53 Å². The number of carbonyl (C=O) groups is 1. The quantitative estimate of drug-likeness (QED) is 0.666. The third-order valence-corrected chi connectivity index (χ3v) is 2.56. The molecule has 1 saturated carbocycles. The van der Waals surface area contributed by atoms with Crippen molar-refractivity contribution >= 4 is 5.78 Å². The summed E-state index contributed by atoms with van der Waals surface area (Å²) in [5.74, 6) is 0.0879. The van der Waals surface area contributed by atoms with E-state index in [2.05, 4.69) is 0 Å². The number of carbonyl (C=O) groups excluding carboxylic acids is 1. The molecule has 1 aliphatic rings. The number of rotatable bonds is 4. The van der Waals surface area contributed by atoms with Crippen LogP contribution in [0.2, 0.25) is 0 Å². The number of allylic oxidation sites excluding steroid dienone is 1. The lowest BCUT2D eigenvalue weighted by Gasteiger charge is -2.17. The second kappa shape index (κ2) is 6.00. The lowest BCUT2D eigenvalue weighted by molar-refractivity contribution is -0.116. The van der Waals surface area contributed by atoms with Gasteiger partial charge >= 0.3 is 0 Å². The number of Topliss-reactive ketones (excluding diaryl/α,β-unsaturated/α-hetero) is 1. The third kappa shape index (κ3) is 3.74. The van der Waals surface area contributed by atoms with E-state index in [4.69, 9.17) is 4.74 Å². The SMILES string of the molecule is COC[C@@H](O)[C@@H](O)/C=C1\CCCCC1=O. The van der Waals surface area contributed by atoms with Crippen LogP contribution in [0.15, 0.2) is 11.6 Å². The molecule has 0 aliphatic heterocycles. The van der Waals surface area contributed by atoms with E-state index in [-0.39, 0.29) is 12.4 Å². The van der Waals surface area contributed by atoms with Gasteiger partial charge in [-0.1, -0.05) is 0 Å². The Balaban J connectivity index is 2.56. The van der Waals surface area contributed by atoms with Gasteiger partial charge in [0.1, 0.15) is 12.2 Å². The van der Waals surface area contributed by atoms with Crippen LogP contribution in [0.1, 0.15) is 25.7 Å². The molecular weight excluding hydrogens is 196 g/mol. The number of methoxy groups -OCH3 is 1. The monoisotopic (exact) mass is 214 g/mol. The largest absolute Gasteiger partial charge is 0.388 e. The second-order valence-corrected chi connectivity index (χ2v) is 3.84. The molecule has 0 radical (unpaired) electrons. The molecule has 0 aromatic rings. The fourth-order valence-corrected chi connectivity index (χ4v) is 1.66. The van der Waals surface area contributed by atoms with Crippen LogP contribution in [0, 0.1) is 0 Å². The van der Waals surface area contributed by atoms with Crippen molar-refractivity contribution in [3.63, 3.8) is 0 Å². The highest BCUT2D eigenvalue weighted by Crippen LogP contribution is 2.20. The van der Waals surface area contributed by atoms with Crippen LogP contribution < -0.4 is 0 Å². The molecule has 0 bridgehead atoms. The summed E-state index contributed by atoms with van der Waals surface area (Å²) in [4.78, 5) is 11.4. The highest BCUT2D eigenvalue weighted by molar-refractivity contribution is 5.95. The minimum atomic E-state index is -1.01. The lowest BCUT2D eigenvalue weighted by Crippen LogP contribution is -2.29. The molecule has 0 aromatic carbocycles. The zero-order valence-electron chi connectivity index (χ0n) is 8.98. The third-order valence-electron chi connectivity index (χ3n) is 2.56. The van der Waals surface area contributed by atoms with Gasteiger partial charge in [0.25, 0.3) is 0 Å². The molecule has 0 saturated heterocycles. The Kier molecular flexibility index (Phi) is 4.94. The first-order valence-electron chi connectivity index (χ1n) is 5.24. The zero-order chi connectivity index (χ0) is 11.3. The molecule has 0 heterocycles. The summed E-state index contributed by atoms with van der Waals surface area (Å²) in [6.07, 6.45) is 2.65. The van der Waals surface area contributed by atoms with Crippen molar-refractivity contribution in [2.24, 2.45) is 0 Å². The molecule has 2 atom stereocenters. The van der Waals surface area contributed by atoms with Crippen molar-refractivity contribution < 1.29 is 19.7 Å². The Bertz CT molecular complexity index is 247. The van der Waals surface area contributed by atoms with Crippen molar-refractivity contribution in [2.75, 3.05) is 13.7 Å². The molecule has 2 N–H and O–H groups in total. The van der Waals surface area contributed by atoms with Crippen LogP contribution in [0.25, 0.3) is 0 Å². The smallest absolute Gasteiger partial charge is 0.158 e. The van der Waals surface area contributed by atoms with Crippen molar-refractivity contribution in [1.29, 1.82) is 0 Å². The maximum absolute atomic E-state index is 11.4. The van der Waals surface area contributed by atoms with Crippen LogP contribution in [-0.4, -0.2) is 41.9 Å². The van der Waals surface area contributed by atoms with Crippen LogP contribution in [0.4, 0.5) is 0 Å². The first-order chi connectivity index (χ1) is 7.15. The molecule has 4 nitrogen and oxygen atoms in total. The summed E-state index contributed by atoms with van der Waals surface area (Å²) >= 11 is 0. The molecule has 0 aromatic heterocycles. The molecule has 1 fully saturated rings. The van der Waals surface area contributed by atoms with Gasteiger partial charge < -0.3 is 14.9 Å². The van der Waals surface area contributed by atoms with E-state index in [1.165, 1.54) is 13.2 Å². The van der Waals surface area contributed by atoms with E-state index >= 15 is 0 Å². The Morgan fingerprint density at radius 3 is 2.67 bits per heavy atom. The Morgan fingerprint density at radius 2 is 2.07 bits per heavy atom. The van der Waals surface area contributed by atoms with Gasteiger partial charge in [0.15, 0.2) is 5.78 Å².